The summed E-state index contributed by atoms with van der Waals surface area (Å²) >= 11 is 2.17. The van der Waals surface area contributed by atoms with E-state index in [-0.39, 0.29) is 17.9 Å². The van der Waals surface area contributed by atoms with Crippen molar-refractivity contribution in [3.05, 3.63) is 48.7 Å². The number of aromatic nitrogens is 5. The minimum Gasteiger partial charge on any atom is -0.466 e. The number of carbonyl (C=O) groups excluding carboxylic acids is 1. The molecule has 0 spiro atoms. The van der Waals surface area contributed by atoms with E-state index in [0.29, 0.717) is 46.7 Å². The van der Waals surface area contributed by atoms with Crippen molar-refractivity contribution in [3.8, 4) is 11.4 Å². The predicted octanol–water partition coefficient (Wildman–Crippen LogP) is 6.15. The highest BCUT2D eigenvalue weighted by molar-refractivity contribution is 14.2. The van der Waals surface area contributed by atoms with E-state index in [1.807, 2.05) is 29.4 Å². The fourth-order valence-electron chi connectivity index (χ4n) is 6.03. The molecule has 3 saturated carbocycles. The van der Waals surface area contributed by atoms with E-state index < -0.39 is 5.82 Å². The average molecular weight is 633 g/mol. The van der Waals surface area contributed by atoms with Crippen molar-refractivity contribution in [1.29, 1.82) is 0 Å². The second-order valence-electron chi connectivity index (χ2n) is 9.68. The molecule has 11 heteroatoms. The lowest BCUT2D eigenvalue weighted by molar-refractivity contribution is -0.154. The van der Waals surface area contributed by atoms with Crippen LogP contribution in [0, 0.1) is 23.6 Å². The van der Waals surface area contributed by atoms with Crippen molar-refractivity contribution in [2.75, 3.05) is 11.9 Å². The third-order valence-corrected chi connectivity index (χ3v) is 9.40. The summed E-state index contributed by atoms with van der Waals surface area (Å²) in [6.45, 7) is 6.12. The minimum atomic E-state index is -0.421. The Bertz CT molecular complexity index is 1510. The highest BCUT2D eigenvalue weighted by Crippen LogP contribution is 2.47. The zero-order chi connectivity index (χ0) is 25.7. The van der Waals surface area contributed by atoms with Crippen LogP contribution >= 0.6 is 30.3 Å². The molecule has 0 unspecified atom stereocenters. The van der Waals surface area contributed by atoms with Gasteiger partial charge >= 0.3 is 5.97 Å². The summed E-state index contributed by atoms with van der Waals surface area (Å²) in [4.78, 5) is 22.3. The van der Waals surface area contributed by atoms with Crippen LogP contribution in [0.15, 0.2) is 37.3 Å². The van der Waals surface area contributed by atoms with Crippen molar-refractivity contribution in [2.24, 2.45) is 17.8 Å². The predicted molar refractivity (Wildman–Crippen MR) is 152 cm³/mol. The van der Waals surface area contributed by atoms with E-state index in [1.165, 1.54) is 21.4 Å². The van der Waals surface area contributed by atoms with Gasteiger partial charge in [0, 0.05) is 59.7 Å². The first-order valence-electron chi connectivity index (χ1n) is 12.4. The molecule has 4 aromatic heterocycles. The molecule has 2 atom stereocenters. The van der Waals surface area contributed by atoms with Crippen LogP contribution in [0.4, 0.5) is 10.2 Å². The van der Waals surface area contributed by atoms with Crippen LogP contribution in [0.1, 0.15) is 38.2 Å². The fraction of sp³-hybridized carbons (Fsp3) is 0.385. The monoisotopic (exact) mass is 632 g/mol. The van der Waals surface area contributed by atoms with Gasteiger partial charge in [-0.05, 0) is 62.1 Å². The molecule has 1 N–H and O–H groups in total. The number of pyridine rings is 1. The molecule has 0 saturated heterocycles. The van der Waals surface area contributed by atoms with Gasteiger partial charge in [0.2, 0.25) is 0 Å². The number of ether oxygens (including phenoxy) is 1. The number of rotatable bonds is 7. The van der Waals surface area contributed by atoms with E-state index in [2.05, 4.69) is 38.1 Å². The summed E-state index contributed by atoms with van der Waals surface area (Å²) in [7, 11) is 1.44. The first kappa shape index (κ1) is 24.7. The SMILES string of the molecule is C=Cc1cc2c(N[C@H]3C4CCC(CC4)[C@@H]3C(=O)OCC)nc(-c3cn(SI)c4ncc(F)cc34)nn2c1. The Morgan fingerprint density at radius 3 is 2.81 bits per heavy atom. The number of nitrogens with zero attached hydrogens (tertiary/aromatic N) is 5. The molecule has 3 fully saturated rings. The Kier molecular flexibility index (Phi) is 6.59. The first-order chi connectivity index (χ1) is 18.0. The Morgan fingerprint density at radius 1 is 1.30 bits per heavy atom. The average Bonchev–Trinajstić information content (AvgIpc) is 3.50. The molecule has 4 heterocycles. The van der Waals surface area contributed by atoms with Crippen molar-refractivity contribution in [2.45, 2.75) is 38.6 Å². The van der Waals surface area contributed by atoms with E-state index >= 15 is 0 Å². The lowest BCUT2D eigenvalue weighted by Crippen LogP contribution is -2.52. The van der Waals surface area contributed by atoms with Gasteiger partial charge in [-0.2, -0.15) is 0 Å². The van der Waals surface area contributed by atoms with Gasteiger partial charge in [-0.25, -0.2) is 18.9 Å². The molecule has 0 amide bonds. The highest BCUT2D eigenvalue weighted by atomic mass is 127. The van der Waals surface area contributed by atoms with E-state index in [0.717, 1.165) is 36.8 Å². The summed E-state index contributed by atoms with van der Waals surface area (Å²) in [5.74, 6) is 0.981. The Labute approximate surface area is 229 Å². The summed E-state index contributed by atoms with van der Waals surface area (Å²) in [6.07, 6.45) is 11.0. The summed E-state index contributed by atoms with van der Waals surface area (Å²) in [6, 6.07) is 3.36. The molecular formula is C26H26FIN6O2S. The quantitative estimate of drug-likeness (QED) is 0.193. The fourth-order valence-corrected chi connectivity index (χ4v) is 7.29. The molecule has 192 valence electrons. The van der Waals surface area contributed by atoms with Gasteiger partial charge in [-0.15, -0.1) is 5.10 Å². The lowest BCUT2D eigenvalue weighted by atomic mass is 9.61. The van der Waals surface area contributed by atoms with Crippen molar-refractivity contribution in [3.63, 3.8) is 0 Å². The number of halogens is 2. The number of nitrogens with one attached hydrogen (secondary N) is 1. The molecule has 2 bridgehead atoms. The molecule has 7 rings (SSSR count). The standard InChI is InChI=1S/C26H26FIN6O2S/c1-3-14-9-20-24(30-22-16-7-5-15(6-8-16)21(22)26(35)36-4-2)31-23(32-33(20)12-14)19-13-34(37-28)25-18(19)10-17(27)11-29-25/h3,9-13,15-16,21-22H,1,4-8H2,2H3,(H,30,31,32)/t15?,16?,21-,22-/m0/s1. The maximum atomic E-state index is 14.2. The Balaban J connectivity index is 1.49. The normalized spacial score (nSPS) is 23.0. The topological polar surface area (TPSA) is 86.3 Å². The number of anilines is 1. The van der Waals surface area contributed by atoms with Crippen LogP contribution in [-0.4, -0.2) is 42.2 Å². The molecule has 3 aliphatic rings. The van der Waals surface area contributed by atoms with Crippen molar-refractivity contribution >= 4 is 64.7 Å². The van der Waals surface area contributed by atoms with Crippen LogP contribution in [0.5, 0.6) is 0 Å². The molecule has 3 aliphatic carbocycles. The second kappa shape index (κ2) is 9.90. The van der Waals surface area contributed by atoms with Gasteiger partial charge in [-0.3, -0.25) is 8.77 Å². The third kappa shape index (κ3) is 4.29. The van der Waals surface area contributed by atoms with Crippen LogP contribution in [0.25, 0.3) is 34.0 Å². The Hall–Kier alpha value is -2.67. The number of fused-ring (bicyclic) bond motifs is 5. The third-order valence-electron chi connectivity index (χ3n) is 7.70. The zero-order valence-electron chi connectivity index (χ0n) is 20.2. The molecule has 0 aliphatic heterocycles. The van der Waals surface area contributed by atoms with Crippen LogP contribution in [-0.2, 0) is 9.53 Å². The van der Waals surface area contributed by atoms with Crippen LogP contribution < -0.4 is 5.32 Å². The number of hydrogen-bond donors (Lipinski definition) is 1. The molecular weight excluding hydrogens is 606 g/mol. The second-order valence-corrected chi connectivity index (χ2v) is 11.4. The number of carbonyl (C=O) groups is 1. The maximum absolute atomic E-state index is 14.2. The van der Waals surface area contributed by atoms with E-state index in [4.69, 9.17) is 14.8 Å². The van der Waals surface area contributed by atoms with E-state index in [1.54, 1.807) is 10.6 Å². The summed E-state index contributed by atoms with van der Waals surface area (Å²) < 4.78 is 23.4. The first-order valence-corrected chi connectivity index (χ1v) is 15.7. The van der Waals surface area contributed by atoms with Crippen LogP contribution in [0.3, 0.4) is 0 Å². The van der Waals surface area contributed by atoms with Crippen molar-refractivity contribution in [1.82, 2.24) is 23.6 Å². The largest absolute Gasteiger partial charge is 0.466 e. The molecule has 8 nitrogen and oxygen atoms in total. The maximum Gasteiger partial charge on any atom is 0.311 e. The highest BCUT2D eigenvalue weighted by Gasteiger charge is 2.48. The number of esters is 1. The van der Waals surface area contributed by atoms with Gasteiger partial charge < -0.3 is 10.1 Å². The van der Waals surface area contributed by atoms with Crippen molar-refractivity contribution < 1.29 is 13.9 Å². The smallest absolute Gasteiger partial charge is 0.311 e. The lowest BCUT2D eigenvalue weighted by Gasteiger charge is -2.47. The van der Waals surface area contributed by atoms with Gasteiger partial charge in [0.15, 0.2) is 17.3 Å². The van der Waals surface area contributed by atoms with Crippen LogP contribution in [0.2, 0.25) is 0 Å². The van der Waals surface area contributed by atoms with Gasteiger partial charge in [0.25, 0.3) is 0 Å². The van der Waals surface area contributed by atoms with E-state index in [9.17, 15) is 9.18 Å². The Morgan fingerprint density at radius 2 is 2.08 bits per heavy atom. The van der Waals surface area contributed by atoms with Gasteiger partial charge in [0.05, 0.1) is 18.7 Å². The molecule has 0 aromatic carbocycles. The summed E-state index contributed by atoms with van der Waals surface area (Å²) in [5, 5.41) is 9.07. The molecule has 37 heavy (non-hydrogen) atoms. The van der Waals surface area contributed by atoms with Gasteiger partial charge in [0.1, 0.15) is 11.3 Å². The zero-order valence-corrected chi connectivity index (χ0v) is 23.2. The molecule has 0 radical (unpaired) electrons. The minimum absolute atomic E-state index is 0.0782. The number of hydrogen-bond acceptors (Lipinski definition) is 7. The molecule has 4 aromatic rings. The van der Waals surface area contributed by atoms with Gasteiger partial charge in [-0.1, -0.05) is 12.7 Å². The summed E-state index contributed by atoms with van der Waals surface area (Å²) in [5.41, 5.74) is 3.01.